The highest BCUT2D eigenvalue weighted by atomic mass is 19.4. The number of aromatic amines is 1. The molecular formula is C14H15F3N6. The van der Waals surface area contributed by atoms with Crippen molar-refractivity contribution >= 4 is 22.1 Å². The van der Waals surface area contributed by atoms with E-state index in [0.29, 0.717) is 18.5 Å². The molecule has 6 nitrogen and oxygen atoms in total. The van der Waals surface area contributed by atoms with Crippen LogP contribution in [0, 0.1) is 0 Å². The van der Waals surface area contributed by atoms with E-state index in [2.05, 4.69) is 25.6 Å². The minimum atomic E-state index is -4.18. The summed E-state index contributed by atoms with van der Waals surface area (Å²) in [7, 11) is 0. The zero-order chi connectivity index (χ0) is 16.0. The zero-order valence-corrected chi connectivity index (χ0v) is 12.1. The van der Waals surface area contributed by atoms with Gasteiger partial charge in [-0.25, -0.2) is 15.2 Å². The normalized spacial score (nSPS) is 22.4. The molecule has 0 aliphatic heterocycles. The third-order valence-electron chi connectivity index (χ3n) is 4.37. The first-order valence-electron chi connectivity index (χ1n) is 7.47. The van der Waals surface area contributed by atoms with E-state index in [9.17, 15) is 13.2 Å². The van der Waals surface area contributed by atoms with Crippen molar-refractivity contribution in [1.29, 1.82) is 0 Å². The quantitative estimate of drug-likeness (QED) is 0.777. The first-order valence-corrected chi connectivity index (χ1v) is 7.47. The lowest BCUT2D eigenvalue weighted by atomic mass is 10.2. The molecule has 0 aromatic carbocycles. The molecule has 3 aromatic rings. The Hall–Kier alpha value is -2.16. The number of nitrogens with zero attached hydrogens (tertiary/aromatic N) is 4. The van der Waals surface area contributed by atoms with Crippen LogP contribution in [0.5, 0.6) is 0 Å². The highest BCUT2D eigenvalue weighted by Gasteiger charge is 2.32. The summed E-state index contributed by atoms with van der Waals surface area (Å²) in [5.41, 5.74) is 2.29. The van der Waals surface area contributed by atoms with Gasteiger partial charge in [0.1, 0.15) is 5.52 Å². The number of hydrogen-bond acceptors (Lipinski definition) is 4. The van der Waals surface area contributed by atoms with Crippen LogP contribution in [-0.2, 0) is 0 Å². The molecule has 2 N–H and O–H groups in total. The third kappa shape index (κ3) is 2.65. The van der Waals surface area contributed by atoms with Gasteiger partial charge in [0.25, 0.3) is 0 Å². The summed E-state index contributed by atoms with van der Waals surface area (Å²) in [4.78, 5) is 8.42. The lowest BCUT2D eigenvalue weighted by molar-refractivity contribution is -0.126. The summed E-state index contributed by atoms with van der Waals surface area (Å²) < 4.78 is 38.9. The Labute approximate surface area is 129 Å². The lowest BCUT2D eigenvalue weighted by Gasteiger charge is -2.16. The van der Waals surface area contributed by atoms with Crippen molar-refractivity contribution in [3.63, 3.8) is 0 Å². The maximum absolute atomic E-state index is 12.3. The van der Waals surface area contributed by atoms with Crippen LogP contribution < -0.4 is 5.32 Å². The number of rotatable bonds is 3. The largest absolute Gasteiger partial charge is 0.401 e. The van der Waals surface area contributed by atoms with Gasteiger partial charge in [-0.2, -0.15) is 18.3 Å². The van der Waals surface area contributed by atoms with Gasteiger partial charge >= 0.3 is 6.18 Å². The fraction of sp³-hybridized carbons (Fsp3) is 0.500. The highest BCUT2D eigenvalue weighted by Crippen LogP contribution is 2.33. The van der Waals surface area contributed by atoms with E-state index < -0.39 is 12.7 Å². The van der Waals surface area contributed by atoms with E-state index in [1.54, 1.807) is 12.4 Å². The predicted octanol–water partition coefficient (Wildman–Crippen LogP) is 2.55. The van der Waals surface area contributed by atoms with Crippen molar-refractivity contribution in [2.45, 2.75) is 37.5 Å². The molecule has 2 unspecified atom stereocenters. The summed E-state index contributed by atoms with van der Waals surface area (Å²) in [5, 5.41) is 10.7. The number of pyridine rings is 1. The van der Waals surface area contributed by atoms with Gasteiger partial charge < -0.3 is 5.32 Å². The highest BCUT2D eigenvalue weighted by molar-refractivity contribution is 6.00. The van der Waals surface area contributed by atoms with Crippen LogP contribution in [0.15, 0.2) is 18.5 Å². The molecule has 0 saturated heterocycles. The first-order chi connectivity index (χ1) is 11.0. The molecule has 4 rings (SSSR count). The second-order valence-corrected chi connectivity index (χ2v) is 5.92. The molecule has 1 aliphatic rings. The second kappa shape index (κ2) is 5.19. The molecular weight excluding hydrogens is 309 g/mol. The molecule has 2 atom stereocenters. The van der Waals surface area contributed by atoms with Crippen molar-refractivity contribution in [3.05, 3.63) is 18.5 Å². The average molecular weight is 324 g/mol. The molecule has 122 valence electrons. The summed E-state index contributed by atoms with van der Waals surface area (Å²) >= 11 is 0. The number of fused-ring (bicyclic) bond motifs is 3. The molecule has 1 fully saturated rings. The monoisotopic (exact) mass is 324 g/mol. The maximum Gasteiger partial charge on any atom is 0.401 e. The number of halogens is 3. The van der Waals surface area contributed by atoms with Gasteiger partial charge in [-0.15, -0.1) is 0 Å². The van der Waals surface area contributed by atoms with Gasteiger partial charge in [0.05, 0.1) is 24.3 Å². The van der Waals surface area contributed by atoms with Crippen molar-refractivity contribution in [3.8, 4) is 0 Å². The Morgan fingerprint density at radius 1 is 1.30 bits per heavy atom. The van der Waals surface area contributed by atoms with Crippen molar-refractivity contribution in [2.75, 3.05) is 6.54 Å². The smallest absolute Gasteiger partial charge is 0.306 e. The van der Waals surface area contributed by atoms with E-state index in [1.807, 2.05) is 10.7 Å². The van der Waals surface area contributed by atoms with Gasteiger partial charge in [0.15, 0.2) is 5.65 Å². The molecule has 3 aromatic heterocycles. The van der Waals surface area contributed by atoms with Crippen molar-refractivity contribution < 1.29 is 13.2 Å². The van der Waals surface area contributed by atoms with Crippen LogP contribution in [0.4, 0.5) is 13.2 Å². The van der Waals surface area contributed by atoms with Crippen molar-refractivity contribution in [2.24, 2.45) is 0 Å². The topological polar surface area (TPSA) is 71.4 Å². The number of nitrogens with one attached hydrogen (secondary N) is 2. The Balaban J connectivity index is 1.59. The zero-order valence-electron chi connectivity index (χ0n) is 12.1. The lowest BCUT2D eigenvalue weighted by Crippen LogP contribution is -2.35. The van der Waals surface area contributed by atoms with Crippen LogP contribution in [0.2, 0.25) is 0 Å². The van der Waals surface area contributed by atoms with Crippen LogP contribution in [0.25, 0.3) is 22.1 Å². The Morgan fingerprint density at radius 3 is 3.00 bits per heavy atom. The van der Waals surface area contributed by atoms with E-state index in [4.69, 9.17) is 0 Å². The molecule has 3 heterocycles. The minimum absolute atomic E-state index is 0.0891. The number of alkyl halides is 3. The van der Waals surface area contributed by atoms with Crippen LogP contribution in [0.3, 0.4) is 0 Å². The van der Waals surface area contributed by atoms with Crippen LogP contribution >= 0.6 is 0 Å². The van der Waals surface area contributed by atoms with Gasteiger partial charge in [-0.05, 0) is 25.3 Å². The van der Waals surface area contributed by atoms with Gasteiger partial charge in [-0.1, -0.05) is 0 Å². The minimum Gasteiger partial charge on any atom is -0.306 e. The summed E-state index contributed by atoms with van der Waals surface area (Å²) in [6.45, 7) is -0.945. The Kier molecular flexibility index (Phi) is 3.26. The van der Waals surface area contributed by atoms with Gasteiger partial charge in [0.2, 0.25) is 0 Å². The standard InChI is InChI=1S/C14H15F3N6/c15-14(16,17)7-20-8-1-2-9(5-8)23-12-10-3-4-18-13(10)19-6-11(12)21-22-23/h3-4,6,8-9,20,22H,1-2,5,7H2. The Morgan fingerprint density at radius 2 is 2.17 bits per heavy atom. The van der Waals surface area contributed by atoms with E-state index in [-0.39, 0.29) is 12.1 Å². The molecule has 9 heteroatoms. The fourth-order valence-corrected chi connectivity index (χ4v) is 3.33. The van der Waals surface area contributed by atoms with Gasteiger partial charge in [0, 0.05) is 17.6 Å². The fourth-order valence-electron chi connectivity index (χ4n) is 3.33. The average Bonchev–Trinajstić information content (AvgIpc) is 3.21. The molecule has 0 spiro atoms. The summed E-state index contributed by atoms with van der Waals surface area (Å²) in [6.07, 6.45) is 1.32. The van der Waals surface area contributed by atoms with Gasteiger partial charge in [-0.3, -0.25) is 4.68 Å². The van der Waals surface area contributed by atoms with E-state index in [1.165, 1.54) is 0 Å². The number of aromatic nitrogens is 5. The molecule has 1 aliphatic carbocycles. The molecule has 0 radical (unpaired) electrons. The summed E-state index contributed by atoms with van der Waals surface area (Å²) in [6, 6.07) is 1.83. The third-order valence-corrected chi connectivity index (χ3v) is 4.37. The second-order valence-electron chi connectivity index (χ2n) is 5.92. The maximum atomic E-state index is 12.3. The Bertz CT molecular complexity index is 836. The predicted molar refractivity (Wildman–Crippen MR) is 77.9 cm³/mol. The molecule has 23 heavy (non-hydrogen) atoms. The molecule has 0 bridgehead atoms. The molecule has 1 saturated carbocycles. The number of H-pyrrole nitrogens is 1. The van der Waals surface area contributed by atoms with E-state index >= 15 is 0 Å². The van der Waals surface area contributed by atoms with E-state index in [0.717, 1.165) is 22.8 Å². The van der Waals surface area contributed by atoms with Crippen LogP contribution in [0.1, 0.15) is 25.3 Å². The summed E-state index contributed by atoms with van der Waals surface area (Å²) in [5.74, 6) is 0. The molecule has 0 amide bonds. The van der Waals surface area contributed by atoms with Crippen molar-refractivity contribution in [1.82, 2.24) is 30.3 Å². The SMILES string of the molecule is FC(F)(F)CNC1CCC(n2[nH]nc3cnc4nccc4c32)C1. The first kappa shape index (κ1) is 14.4. The van der Waals surface area contributed by atoms with Crippen LogP contribution in [-0.4, -0.2) is 43.7 Å². The number of hydrogen-bond donors (Lipinski definition) is 2.